The van der Waals surface area contributed by atoms with Gasteiger partial charge in [0.05, 0.1) is 25.3 Å². The van der Waals surface area contributed by atoms with Crippen LogP contribution in [0, 0.1) is 0 Å². The van der Waals surface area contributed by atoms with Crippen LogP contribution in [-0.2, 0) is 24.9 Å². The summed E-state index contributed by atoms with van der Waals surface area (Å²) in [5.41, 5.74) is 2.73. The van der Waals surface area contributed by atoms with Crippen molar-refractivity contribution in [2.75, 3.05) is 40.4 Å². The number of nitrogens with zero attached hydrogens (tertiary/aromatic N) is 4. The van der Waals surface area contributed by atoms with Crippen molar-refractivity contribution in [2.24, 2.45) is 7.05 Å². The second kappa shape index (κ2) is 9.48. The van der Waals surface area contributed by atoms with E-state index in [1.807, 2.05) is 47.4 Å². The number of carbonyl (C=O) groups excluding carboxylic acids is 1. The van der Waals surface area contributed by atoms with Crippen LogP contribution in [0.1, 0.15) is 12.0 Å². The van der Waals surface area contributed by atoms with E-state index in [-0.39, 0.29) is 11.6 Å². The first kappa shape index (κ1) is 22.0. The largest absolute Gasteiger partial charge is 0.497 e. The number of carbonyl (C=O) groups is 1. The first-order valence-corrected chi connectivity index (χ1v) is 10.9. The van der Waals surface area contributed by atoms with E-state index >= 15 is 0 Å². The number of para-hydroxylation sites is 2. The van der Waals surface area contributed by atoms with E-state index in [4.69, 9.17) is 9.47 Å². The molecule has 0 saturated carbocycles. The van der Waals surface area contributed by atoms with Crippen molar-refractivity contribution in [1.82, 2.24) is 18.9 Å². The summed E-state index contributed by atoms with van der Waals surface area (Å²) in [4.78, 5) is 29.6. The van der Waals surface area contributed by atoms with Crippen molar-refractivity contribution >= 4 is 16.9 Å². The van der Waals surface area contributed by atoms with Crippen molar-refractivity contribution < 1.29 is 14.3 Å². The summed E-state index contributed by atoms with van der Waals surface area (Å²) < 4.78 is 14.1. The fourth-order valence-electron chi connectivity index (χ4n) is 4.35. The Labute approximate surface area is 187 Å². The van der Waals surface area contributed by atoms with Crippen LogP contribution in [0.2, 0.25) is 0 Å². The number of aromatic nitrogens is 2. The number of hydrogen-bond donors (Lipinski definition) is 0. The molecule has 3 aromatic rings. The highest BCUT2D eigenvalue weighted by Gasteiger charge is 2.22. The van der Waals surface area contributed by atoms with Crippen LogP contribution < -0.4 is 15.2 Å². The molecule has 1 saturated heterocycles. The number of hydrogen-bond acceptors (Lipinski definition) is 5. The van der Waals surface area contributed by atoms with Crippen LogP contribution in [0.25, 0.3) is 11.0 Å². The summed E-state index contributed by atoms with van der Waals surface area (Å²) in [5, 5.41) is 0. The van der Waals surface area contributed by atoms with Gasteiger partial charge in [-0.15, -0.1) is 0 Å². The summed E-state index contributed by atoms with van der Waals surface area (Å²) in [6.07, 6.45) is 0.317. The molecule has 170 valence electrons. The van der Waals surface area contributed by atoms with Gasteiger partial charge in [0.15, 0.2) is 0 Å². The van der Waals surface area contributed by atoms with Crippen molar-refractivity contribution in [3.05, 3.63) is 58.5 Å². The predicted molar refractivity (Wildman–Crippen MR) is 123 cm³/mol. The van der Waals surface area contributed by atoms with E-state index in [0.29, 0.717) is 26.1 Å². The Morgan fingerprint density at radius 3 is 2.38 bits per heavy atom. The number of benzene rings is 2. The highest BCUT2D eigenvalue weighted by atomic mass is 16.5. The standard InChI is InChI=1S/C24H30N4O4/c1-25-20-6-4-5-7-21(20)28(24(25)30)11-10-23(29)27-14-12-26(13-15-27)17-18-16-19(31-2)8-9-22(18)32-3/h4-9,16H,10-15,17H2,1-3H3. The van der Waals surface area contributed by atoms with Crippen LogP contribution in [0.4, 0.5) is 0 Å². The quantitative estimate of drug-likeness (QED) is 0.565. The zero-order valence-corrected chi connectivity index (χ0v) is 18.9. The van der Waals surface area contributed by atoms with Gasteiger partial charge in [-0.05, 0) is 30.3 Å². The van der Waals surface area contributed by atoms with Crippen LogP contribution in [0.5, 0.6) is 11.5 Å². The first-order valence-electron chi connectivity index (χ1n) is 10.9. The molecule has 8 heteroatoms. The molecule has 2 aromatic carbocycles. The van der Waals surface area contributed by atoms with Gasteiger partial charge < -0.3 is 14.4 Å². The molecule has 0 N–H and O–H groups in total. The third kappa shape index (κ3) is 4.36. The number of fused-ring (bicyclic) bond motifs is 1. The first-order chi connectivity index (χ1) is 15.5. The summed E-state index contributed by atoms with van der Waals surface area (Å²) in [6.45, 7) is 4.07. The Bertz CT molecular complexity index is 1160. The average molecular weight is 439 g/mol. The van der Waals surface area contributed by atoms with Crippen molar-refractivity contribution in [1.29, 1.82) is 0 Å². The van der Waals surface area contributed by atoms with E-state index in [1.165, 1.54) is 0 Å². The van der Waals surface area contributed by atoms with Crippen LogP contribution in [0.15, 0.2) is 47.3 Å². The average Bonchev–Trinajstić information content (AvgIpc) is 3.07. The Kier molecular flexibility index (Phi) is 6.50. The number of methoxy groups -OCH3 is 2. The molecule has 8 nitrogen and oxygen atoms in total. The van der Waals surface area contributed by atoms with Gasteiger partial charge in [-0.3, -0.25) is 18.8 Å². The minimum absolute atomic E-state index is 0.0865. The minimum atomic E-state index is -0.0870. The Balaban J connectivity index is 1.34. The lowest BCUT2D eigenvalue weighted by atomic mass is 10.1. The molecule has 0 atom stereocenters. The fourth-order valence-corrected chi connectivity index (χ4v) is 4.35. The van der Waals surface area contributed by atoms with Crippen LogP contribution in [-0.4, -0.2) is 65.2 Å². The lowest BCUT2D eigenvalue weighted by Gasteiger charge is -2.35. The molecule has 0 unspecified atom stereocenters. The topological polar surface area (TPSA) is 68.9 Å². The van der Waals surface area contributed by atoms with Crippen molar-refractivity contribution in [2.45, 2.75) is 19.5 Å². The van der Waals surface area contributed by atoms with Crippen LogP contribution in [0.3, 0.4) is 0 Å². The van der Waals surface area contributed by atoms with Gasteiger partial charge >= 0.3 is 5.69 Å². The molecular formula is C24H30N4O4. The summed E-state index contributed by atoms with van der Waals surface area (Å²) in [7, 11) is 5.09. The van der Waals surface area contributed by atoms with Gasteiger partial charge in [0, 0.05) is 58.3 Å². The Hall–Kier alpha value is -3.26. The maximum atomic E-state index is 12.8. The molecule has 32 heavy (non-hydrogen) atoms. The summed E-state index contributed by atoms with van der Waals surface area (Å²) in [6, 6.07) is 13.5. The van der Waals surface area contributed by atoms with E-state index in [2.05, 4.69) is 4.90 Å². The molecule has 1 aliphatic rings. The van der Waals surface area contributed by atoms with E-state index in [1.54, 1.807) is 30.4 Å². The third-order valence-electron chi connectivity index (χ3n) is 6.21. The summed E-state index contributed by atoms with van der Waals surface area (Å²) >= 11 is 0. The molecule has 2 heterocycles. The number of imidazole rings is 1. The normalized spacial score (nSPS) is 14.7. The van der Waals surface area contributed by atoms with Gasteiger partial charge in [-0.25, -0.2) is 4.79 Å². The molecule has 0 aliphatic carbocycles. The molecule has 1 aliphatic heterocycles. The van der Waals surface area contributed by atoms with E-state index in [9.17, 15) is 9.59 Å². The smallest absolute Gasteiger partial charge is 0.328 e. The SMILES string of the molecule is COc1ccc(OC)c(CN2CCN(C(=O)CCn3c(=O)n(C)c4ccccc43)CC2)c1. The lowest BCUT2D eigenvalue weighted by molar-refractivity contribution is -0.133. The monoisotopic (exact) mass is 438 g/mol. The molecule has 1 amide bonds. The van der Waals surface area contributed by atoms with E-state index < -0.39 is 0 Å². The summed E-state index contributed by atoms with van der Waals surface area (Å²) in [5.74, 6) is 1.73. The molecule has 0 radical (unpaired) electrons. The van der Waals surface area contributed by atoms with E-state index in [0.717, 1.165) is 47.7 Å². The second-order valence-corrected chi connectivity index (χ2v) is 8.07. The Morgan fingerprint density at radius 1 is 0.969 bits per heavy atom. The third-order valence-corrected chi connectivity index (χ3v) is 6.21. The predicted octanol–water partition coefficient (Wildman–Crippen LogP) is 2.09. The van der Waals surface area contributed by atoms with Gasteiger partial charge in [-0.2, -0.15) is 0 Å². The number of piperazine rings is 1. The number of rotatable bonds is 7. The maximum absolute atomic E-state index is 12.8. The highest BCUT2D eigenvalue weighted by Crippen LogP contribution is 2.25. The molecular weight excluding hydrogens is 408 g/mol. The van der Waals surface area contributed by atoms with Crippen molar-refractivity contribution in [3.63, 3.8) is 0 Å². The molecule has 0 spiro atoms. The fraction of sp³-hybridized carbons (Fsp3) is 0.417. The highest BCUT2D eigenvalue weighted by molar-refractivity contribution is 5.78. The molecule has 1 aromatic heterocycles. The van der Waals surface area contributed by atoms with Gasteiger partial charge in [0.25, 0.3) is 0 Å². The maximum Gasteiger partial charge on any atom is 0.328 e. The van der Waals surface area contributed by atoms with Gasteiger partial charge in [-0.1, -0.05) is 12.1 Å². The number of aryl methyl sites for hydroxylation is 2. The zero-order chi connectivity index (χ0) is 22.7. The molecule has 0 bridgehead atoms. The van der Waals surface area contributed by atoms with Gasteiger partial charge in [0.1, 0.15) is 11.5 Å². The number of ether oxygens (including phenoxy) is 2. The lowest BCUT2D eigenvalue weighted by Crippen LogP contribution is -2.48. The van der Waals surface area contributed by atoms with Crippen LogP contribution >= 0.6 is 0 Å². The molecule has 1 fully saturated rings. The molecule has 4 rings (SSSR count). The van der Waals surface area contributed by atoms with Gasteiger partial charge in [0.2, 0.25) is 5.91 Å². The van der Waals surface area contributed by atoms with Crippen molar-refractivity contribution in [3.8, 4) is 11.5 Å². The number of amides is 1. The zero-order valence-electron chi connectivity index (χ0n) is 18.9. The minimum Gasteiger partial charge on any atom is -0.497 e. The Morgan fingerprint density at radius 2 is 1.69 bits per heavy atom. The second-order valence-electron chi connectivity index (χ2n) is 8.07.